The molecule has 1 aromatic heterocycles. The highest BCUT2D eigenvalue weighted by Crippen LogP contribution is 2.63. The number of aromatic nitrogens is 1. The maximum atomic E-state index is 12.1. The van der Waals surface area contributed by atoms with Crippen molar-refractivity contribution in [3.63, 3.8) is 0 Å². The molecule has 0 radical (unpaired) electrons. The fraction of sp³-hybridized carbons (Fsp3) is 0.556. The quantitative estimate of drug-likeness (QED) is 0.701. The molecule has 2 aliphatic carbocycles. The van der Waals surface area contributed by atoms with Crippen molar-refractivity contribution in [2.75, 3.05) is 20.3 Å². The average molecular weight is 332 g/mol. The van der Waals surface area contributed by atoms with Crippen LogP contribution in [0.3, 0.4) is 0 Å². The lowest BCUT2D eigenvalue weighted by Gasteiger charge is -2.33. The number of hydrogen-bond donors (Lipinski definition) is 3. The molecule has 0 bridgehead atoms. The Morgan fingerprint density at radius 2 is 2.29 bits per heavy atom. The predicted molar refractivity (Wildman–Crippen MR) is 89.6 cm³/mol. The Morgan fingerprint density at radius 3 is 2.92 bits per heavy atom. The summed E-state index contributed by atoms with van der Waals surface area (Å²) in [6, 6.07) is 1.68. The standard InChI is InChI=1S/C18H24N2O4/c1-24-16-10-19-15(17(23)20-9-14(22)11-21)6-13(16)3-2-12-7-18(8-12)4-5-18/h2-3,6,10,12,14,21-22H,4-5,7-9,11H2,1H3,(H,20,23)/b3-2+. The molecule has 1 unspecified atom stereocenters. The largest absolute Gasteiger partial charge is 0.495 e. The summed E-state index contributed by atoms with van der Waals surface area (Å²) in [7, 11) is 1.58. The molecule has 6 nitrogen and oxygen atoms in total. The van der Waals surface area contributed by atoms with Gasteiger partial charge in [-0.15, -0.1) is 0 Å². The highest BCUT2D eigenvalue weighted by Gasteiger charge is 2.51. The first-order valence-electron chi connectivity index (χ1n) is 8.34. The van der Waals surface area contributed by atoms with Gasteiger partial charge < -0.3 is 20.3 Å². The molecular formula is C18H24N2O4. The molecule has 6 heteroatoms. The van der Waals surface area contributed by atoms with Crippen molar-refractivity contribution in [2.24, 2.45) is 11.3 Å². The van der Waals surface area contributed by atoms with Gasteiger partial charge in [-0.05, 0) is 43.1 Å². The molecule has 3 rings (SSSR count). The number of carbonyl (C=O) groups excluding carboxylic acids is 1. The normalized spacial score (nSPS) is 20.0. The number of ether oxygens (including phenoxy) is 1. The van der Waals surface area contributed by atoms with Crippen LogP contribution in [0.15, 0.2) is 18.3 Å². The minimum atomic E-state index is -0.972. The molecule has 3 N–H and O–H groups in total. The number of rotatable bonds is 7. The van der Waals surface area contributed by atoms with E-state index < -0.39 is 12.7 Å². The maximum absolute atomic E-state index is 12.1. The smallest absolute Gasteiger partial charge is 0.269 e. The fourth-order valence-corrected chi connectivity index (χ4v) is 3.26. The van der Waals surface area contributed by atoms with Gasteiger partial charge in [0.1, 0.15) is 11.4 Å². The molecule has 0 aromatic carbocycles. The molecule has 2 saturated carbocycles. The van der Waals surface area contributed by atoms with Crippen LogP contribution in [-0.4, -0.2) is 47.5 Å². The van der Waals surface area contributed by atoms with Crippen molar-refractivity contribution in [1.29, 1.82) is 0 Å². The van der Waals surface area contributed by atoms with E-state index in [0.717, 1.165) is 5.56 Å². The second kappa shape index (κ2) is 6.91. The summed E-state index contributed by atoms with van der Waals surface area (Å²) in [5, 5.41) is 20.6. The third kappa shape index (κ3) is 3.76. The minimum absolute atomic E-state index is 0.0155. The SMILES string of the molecule is COc1cnc(C(=O)NCC(O)CO)cc1/C=C/C1CC2(CC2)C1. The first-order valence-corrected chi connectivity index (χ1v) is 8.34. The summed E-state index contributed by atoms with van der Waals surface area (Å²) in [5.74, 6) is 0.849. The maximum Gasteiger partial charge on any atom is 0.269 e. The number of nitrogens with zero attached hydrogens (tertiary/aromatic N) is 1. The topological polar surface area (TPSA) is 91.7 Å². The summed E-state index contributed by atoms with van der Waals surface area (Å²) >= 11 is 0. The van der Waals surface area contributed by atoms with E-state index in [4.69, 9.17) is 9.84 Å². The Morgan fingerprint density at radius 1 is 1.54 bits per heavy atom. The zero-order chi connectivity index (χ0) is 17.2. The van der Waals surface area contributed by atoms with Crippen molar-refractivity contribution in [3.05, 3.63) is 29.6 Å². The third-order valence-corrected chi connectivity index (χ3v) is 4.95. The van der Waals surface area contributed by atoms with Crippen molar-refractivity contribution in [1.82, 2.24) is 10.3 Å². The number of aliphatic hydroxyl groups is 2. The van der Waals surface area contributed by atoms with Crippen LogP contribution in [0, 0.1) is 11.3 Å². The zero-order valence-electron chi connectivity index (χ0n) is 13.9. The molecule has 0 aliphatic heterocycles. The highest BCUT2D eigenvalue weighted by molar-refractivity contribution is 5.93. The summed E-state index contributed by atoms with van der Waals surface area (Å²) in [6.07, 6.45) is 10.0. The number of methoxy groups -OCH3 is 1. The molecule has 1 atom stereocenters. The van der Waals surface area contributed by atoms with Gasteiger partial charge in [-0.2, -0.15) is 0 Å². The first-order chi connectivity index (χ1) is 11.5. The van der Waals surface area contributed by atoms with E-state index in [-0.39, 0.29) is 18.1 Å². The average Bonchev–Trinajstić information content (AvgIpc) is 3.37. The van der Waals surface area contributed by atoms with Gasteiger partial charge in [0, 0.05) is 12.1 Å². The Labute approximate surface area is 141 Å². The number of allylic oxidation sites excluding steroid dienone is 1. The van der Waals surface area contributed by atoms with E-state index in [0.29, 0.717) is 17.1 Å². The van der Waals surface area contributed by atoms with Crippen LogP contribution in [0.5, 0.6) is 5.75 Å². The fourth-order valence-electron chi connectivity index (χ4n) is 3.26. The molecule has 1 amide bonds. The van der Waals surface area contributed by atoms with Crippen molar-refractivity contribution in [2.45, 2.75) is 31.8 Å². The zero-order valence-corrected chi connectivity index (χ0v) is 13.9. The Balaban J connectivity index is 1.65. The van der Waals surface area contributed by atoms with Crippen LogP contribution in [0.2, 0.25) is 0 Å². The second-order valence-electron chi connectivity index (χ2n) is 6.89. The van der Waals surface area contributed by atoms with E-state index in [1.165, 1.54) is 31.9 Å². The van der Waals surface area contributed by atoms with Crippen molar-refractivity contribution in [3.8, 4) is 5.75 Å². The molecule has 1 spiro atoms. The number of aliphatic hydroxyl groups excluding tert-OH is 2. The van der Waals surface area contributed by atoms with Gasteiger partial charge in [0.2, 0.25) is 0 Å². The van der Waals surface area contributed by atoms with E-state index in [1.807, 2.05) is 6.08 Å². The van der Waals surface area contributed by atoms with Crippen LogP contribution in [0.1, 0.15) is 41.7 Å². The van der Waals surface area contributed by atoms with Crippen molar-refractivity contribution >= 4 is 12.0 Å². The molecule has 2 fully saturated rings. The Hall–Kier alpha value is -1.92. The van der Waals surface area contributed by atoms with Crippen LogP contribution >= 0.6 is 0 Å². The van der Waals surface area contributed by atoms with Gasteiger partial charge in [0.05, 0.1) is 26.0 Å². The Kier molecular flexibility index (Phi) is 4.87. The molecule has 1 heterocycles. The van der Waals surface area contributed by atoms with Crippen LogP contribution in [-0.2, 0) is 0 Å². The molecule has 130 valence electrons. The summed E-state index contributed by atoms with van der Waals surface area (Å²) in [6.45, 7) is -0.411. The van der Waals surface area contributed by atoms with E-state index in [1.54, 1.807) is 13.2 Å². The lowest BCUT2D eigenvalue weighted by molar-refractivity contribution is 0.0798. The Bertz CT molecular complexity index is 632. The number of pyridine rings is 1. The second-order valence-corrected chi connectivity index (χ2v) is 6.89. The summed E-state index contributed by atoms with van der Waals surface area (Å²) in [4.78, 5) is 16.2. The van der Waals surface area contributed by atoms with Gasteiger partial charge in [-0.25, -0.2) is 4.98 Å². The van der Waals surface area contributed by atoms with Crippen LogP contribution in [0.25, 0.3) is 6.08 Å². The monoisotopic (exact) mass is 332 g/mol. The minimum Gasteiger partial charge on any atom is -0.495 e. The third-order valence-electron chi connectivity index (χ3n) is 4.95. The van der Waals surface area contributed by atoms with Gasteiger partial charge in [0.25, 0.3) is 5.91 Å². The summed E-state index contributed by atoms with van der Waals surface area (Å²) < 4.78 is 5.31. The number of amides is 1. The first kappa shape index (κ1) is 16.9. The van der Waals surface area contributed by atoms with Crippen molar-refractivity contribution < 1.29 is 19.7 Å². The lowest BCUT2D eigenvalue weighted by Crippen LogP contribution is -2.34. The highest BCUT2D eigenvalue weighted by atomic mass is 16.5. The molecule has 0 saturated heterocycles. The molecule has 2 aliphatic rings. The van der Waals surface area contributed by atoms with Gasteiger partial charge >= 0.3 is 0 Å². The molecular weight excluding hydrogens is 308 g/mol. The number of nitrogens with one attached hydrogen (secondary N) is 1. The van der Waals surface area contributed by atoms with E-state index in [2.05, 4.69) is 16.4 Å². The molecule has 1 aromatic rings. The molecule has 24 heavy (non-hydrogen) atoms. The number of hydrogen-bond acceptors (Lipinski definition) is 5. The van der Waals surface area contributed by atoms with Crippen LogP contribution < -0.4 is 10.1 Å². The predicted octanol–water partition coefficient (Wildman–Crippen LogP) is 1.38. The van der Waals surface area contributed by atoms with E-state index >= 15 is 0 Å². The van der Waals surface area contributed by atoms with Gasteiger partial charge in [-0.1, -0.05) is 12.2 Å². The van der Waals surface area contributed by atoms with Gasteiger partial charge in [0.15, 0.2) is 0 Å². The lowest BCUT2D eigenvalue weighted by atomic mass is 9.72. The number of carbonyl (C=O) groups is 1. The summed E-state index contributed by atoms with van der Waals surface area (Å²) in [5.41, 5.74) is 1.74. The van der Waals surface area contributed by atoms with Gasteiger partial charge in [-0.3, -0.25) is 4.79 Å². The van der Waals surface area contributed by atoms with Crippen LogP contribution in [0.4, 0.5) is 0 Å². The van der Waals surface area contributed by atoms with E-state index in [9.17, 15) is 9.90 Å².